The summed E-state index contributed by atoms with van der Waals surface area (Å²) in [4.78, 5) is 33.5. The van der Waals surface area contributed by atoms with Gasteiger partial charge >= 0.3 is 0 Å². The van der Waals surface area contributed by atoms with Crippen molar-refractivity contribution >= 4 is 5.91 Å². The first-order chi connectivity index (χ1) is 13.7. The number of rotatable bonds is 5. The van der Waals surface area contributed by atoms with E-state index in [0.717, 1.165) is 44.3 Å². The normalized spacial score (nSPS) is 16.9. The zero-order valence-corrected chi connectivity index (χ0v) is 15.6. The van der Waals surface area contributed by atoms with Crippen molar-refractivity contribution in [1.29, 1.82) is 0 Å². The van der Waals surface area contributed by atoms with Crippen molar-refractivity contribution in [3.63, 3.8) is 0 Å². The Morgan fingerprint density at radius 1 is 1.21 bits per heavy atom. The van der Waals surface area contributed by atoms with E-state index in [4.69, 9.17) is 0 Å². The molecule has 1 N–H and O–H groups in total. The molecule has 3 aromatic rings. The first-order valence-corrected chi connectivity index (χ1v) is 9.64. The first-order valence-electron chi connectivity index (χ1n) is 9.64. The lowest BCUT2D eigenvalue weighted by molar-refractivity contribution is 0.0594. The van der Waals surface area contributed by atoms with Crippen LogP contribution in [0, 0.1) is 0 Å². The van der Waals surface area contributed by atoms with Gasteiger partial charge in [0.2, 0.25) is 0 Å². The third kappa shape index (κ3) is 4.03. The fraction of sp³-hybridized carbons (Fsp3) is 0.333. The van der Waals surface area contributed by atoms with Gasteiger partial charge in [-0.15, -0.1) is 0 Å². The van der Waals surface area contributed by atoms with E-state index in [1.807, 2.05) is 46.1 Å². The number of hydrogen-bond donors (Lipinski definition) is 1. The monoisotopic (exact) mass is 377 g/mol. The highest BCUT2D eigenvalue weighted by Gasteiger charge is 2.27. The standard InChI is InChI=1S/C21H23N5O2/c27-20-14-19(22-15-23-20)16-5-3-6-17(13-16)21(28)26-11-2-1-7-18(26)8-12-25-10-4-9-24-25/h3-6,9-10,13-15,18H,1-2,7-8,11-12H2,(H,22,23,27)/t18-/m1/s1. The maximum atomic E-state index is 13.2. The second-order valence-corrected chi connectivity index (χ2v) is 7.08. The van der Waals surface area contributed by atoms with Crippen LogP contribution in [-0.4, -0.2) is 43.1 Å². The molecule has 1 aliphatic heterocycles. The van der Waals surface area contributed by atoms with Crippen LogP contribution in [0.1, 0.15) is 36.0 Å². The first kappa shape index (κ1) is 18.2. The van der Waals surface area contributed by atoms with Crippen molar-refractivity contribution in [3.05, 3.63) is 71.0 Å². The van der Waals surface area contributed by atoms with Gasteiger partial charge in [0, 0.05) is 48.7 Å². The summed E-state index contributed by atoms with van der Waals surface area (Å²) in [6.07, 6.45) is 9.18. The Bertz CT molecular complexity index is 996. The molecule has 0 spiro atoms. The van der Waals surface area contributed by atoms with Crippen LogP contribution >= 0.6 is 0 Å². The molecule has 0 aliphatic carbocycles. The second-order valence-electron chi connectivity index (χ2n) is 7.08. The minimum absolute atomic E-state index is 0.0388. The number of nitrogens with zero attached hydrogens (tertiary/aromatic N) is 4. The van der Waals surface area contributed by atoms with Gasteiger partial charge in [-0.2, -0.15) is 5.10 Å². The topological polar surface area (TPSA) is 83.9 Å². The highest BCUT2D eigenvalue weighted by atomic mass is 16.2. The number of benzene rings is 1. The summed E-state index contributed by atoms with van der Waals surface area (Å²) < 4.78 is 1.91. The minimum atomic E-state index is -0.212. The highest BCUT2D eigenvalue weighted by Crippen LogP contribution is 2.24. The van der Waals surface area contributed by atoms with E-state index in [0.29, 0.717) is 11.3 Å². The number of nitrogens with one attached hydrogen (secondary N) is 1. The Kier molecular flexibility index (Phi) is 5.32. The zero-order valence-electron chi connectivity index (χ0n) is 15.6. The van der Waals surface area contributed by atoms with Gasteiger partial charge in [-0.1, -0.05) is 12.1 Å². The molecule has 0 saturated carbocycles. The molecule has 0 unspecified atom stereocenters. The molecule has 2 aromatic heterocycles. The predicted molar refractivity (Wildman–Crippen MR) is 106 cm³/mol. The van der Waals surface area contributed by atoms with Gasteiger partial charge in [-0.05, 0) is 43.9 Å². The molecule has 28 heavy (non-hydrogen) atoms. The quantitative estimate of drug-likeness (QED) is 0.741. The number of aryl methyl sites for hydroxylation is 1. The van der Waals surface area contributed by atoms with E-state index in [2.05, 4.69) is 15.1 Å². The van der Waals surface area contributed by atoms with Gasteiger partial charge < -0.3 is 9.88 Å². The fourth-order valence-corrected chi connectivity index (χ4v) is 3.79. The molecular weight excluding hydrogens is 354 g/mol. The molecule has 1 saturated heterocycles. The van der Waals surface area contributed by atoms with E-state index in [9.17, 15) is 9.59 Å². The van der Waals surface area contributed by atoms with E-state index in [-0.39, 0.29) is 17.5 Å². The number of piperidine rings is 1. The molecule has 3 heterocycles. The van der Waals surface area contributed by atoms with Crippen molar-refractivity contribution in [2.75, 3.05) is 6.54 Å². The minimum Gasteiger partial charge on any atom is -0.336 e. The van der Waals surface area contributed by atoms with E-state index >= 15 is 0 Å². The van der Waals surface area contributed by atoms with Gasteiger partial charge in [-0.25, -0.2) is 4.98 Å². The lowest BCUT2D eigenvalue weighted by atomic mass is 9.97. The van der Waals surface area contributed by atoms with Gasteiger partial charge in [0.25, 0.3) is 11.5 Å². The number of amides is 1. The zero-order chi connectivity index (χ0) is 19.3. The smallest absolute Gasteiger partial charge is 0.254 e. The maximum absolute atomic E-state index is 13.2. The number of carbonyl (C=O) groups is 1. The van der Waals surface area contributed by atoms with Crippen LogP contribution in [0.25, 0.3) is 11.3 Å². The second kappa shape index (κ2) is 8.21. The molecule has 4 rings (SSSR count). The van der Waals surface area contributed by atoms with E-state index in [1.165, 1.54) is 12.4 Å². The van der Waals surface area contributed by atoms with Gasteiger partial charge in [0.1, 0.15) is 0 Å². The third-order valence-electron chi connectivity index (χ3n) is 5.22. The number of carbonyl (C=O) groups excluding carboxylic acids is 1. The molecule has 1 aliphatic rings. The lowest BCUT2D eigenvalue weighted by Crippen LogP contribution is -2.44. The summed E-state index contributed by atoms with van der Waals surface area (Å²) in [5, 5.41) is 4.26. The molecule has 1 amide bonds. The molecule has 0 bridgehead atoms. The molecule has 0 radical (unpaired) electrons. The van der Waals surface area contributed by atoms with Crippen LogP contribution in [0.2, 0.25) is 0 Å². The highest BCUT2D eigenvalue weighted by molar-refractivity contribution is 5.95. The number of likely N-dealkylation sites (tertiary alicyclic amines) is 1. The Balaban J connectivity index is 1.53. The summed E-state index contributed by atoms with van der Waals surface area (Å²) in [6.45, 7) is 1.58. The van der Waals surface area contributed by atoms with Crippen LogP contribution in [0.3, 0.4) is 0 Å². The predicted octanol–water partition coefficient (Wildman–Crippen LogP) is 2.72. The van der Waals surface area contributed by atoms with Crippen LogP contribution in [0.5, 0.6) is 0 Å². The average molecular weight is 377 g/mol. The summed E-state index contributed by atoms with van der Waals surface area (Å²) in [6, 6.07) is 10.9. The summed E-state index contributed by atoms with van der Waals surface area (Å²) in [5.74, 6) is 0.0388. The fourth-order valence-electron chi connectivity index (χ4n) is 3.79. The van der Waals surface area contributed by atoms with Gasteiger partial charge in [0.05, 0.1) is 12.0 Å². The van der Waals surface area contributed by atoms with Crippen LogP contribution in [0.4, 0.5) is 0 Å². The molecule has 7 heteroatoms. The Labute approximate surface area is 163 Å². The van der Waals surface area contributed by atoms with Gasteiger partial charge in [0.15, 0.2) is 0 Å². The van der Waals surface area contributed by atoms with E-state index < -0.39 is 0 Å². The maximum Gasteiger partial charge on any atom is 0.254 e. The summed E-state index contributed by atoms with van der Waals surface area (Å²) >= 11 is 0. The lowest BCUT2D eigenvalue weighted by Gasteiger charge is -2.36. The number of aromatic nitrogens is 4. The van der Waals surface area contributed by atoms with Crippen molar-refractivity contribution in [2.24, 2.45) is 0 Å². The molecular formula is C21H23N5O2. The number of aromatic amines is 1. The average Bonchev–Trinajstić information content (AvgIpc) is 3.26. The molecule has 1 aromatic carbocycles. The number of H-pyrrole nitrogens is 1. The Hall–Kier alpha value is -3.22. The Morgan fingerprint density at radius 2 is 2.14 bits per heavy atom. The van der Waals surface area contributed by atoms with E-state index in [1.54, 1.807) is 6.20 Å². The molecule has 144 valence electrons. The summed E-state index contributed by atoms with van der Waals surface area (Å²) in [7, 11) is 0. The SMILES string of the molecule is O=C(c1cccc(-c2cc(=O)[nH]cn2)c1)N1CCCC[C@@H]1CCn1cccn1. The molecule has 1 atom stereocenters. The van der Waals surface area contributed by atoms with Crippen molar-refractivity contribution in [3.8, 4) is 11.3 Å². The molecule has 1 fully saturated rings. The van der Waals surface area contributed by atoms with Crippen molar-refractivity contribution in [1.82, 2.24) is 24.6 Å². The van der Waals surface area contributed by atoms with Gasteiger partial charge in [-0.3, -0.25) is 14.3 Å². The van der Waals surface area contributed by atoms with Crippen LogP contribution in [-0.2, 0) is 6.54 Å². The van der Waals surface area contributed by atoms with Crippen LogP contribution in [0.15, 0.2) is 59.9 Å². The molecule has 7 nitrogen and oxygen atoms in total. The summed E-state index contributed by atoms with van der Waals surface area (Å²) in [5.41, 5.74) is 1.75. The number of hydrogen-bond acceptors (Lipinski definition) is 4. The largest absolute Gasteiger partial charge is 0.336 e. The van der Waals surface area contributed by atoms with Crippen molar-refractivity contribution < 1.29 is 4.79 Å². The third-order valence-corrected chi connectivity index (χ3v) is 5.22. The Morgan fingerprint density at radius 3 is 2.96 bits per heavy atom. The van der Waals surface area contributed by atoms with Crippen molar-refractivity contribution in [2.45, 2.75) is 38.3 Å². The van der Waals surface area contributed by atoms with Crippen LogP contribution < -0.4 is 5.56 Å².